The molecule has 0 bridgehead atoms. The highest BCUT2D eigenvalue weighted by molar-refractivity contribution is 6.99. The fourth-order valence-electron chi connectivity index (χ4n) is 2.23. The largest absolute Gasteiger partial charge is 0.470 e. The van der Waals surface area contributed by atoms with E-state index in [0.29, 0.717) is 19.2 Å². The van der Waals surface area contributed by atoms with Gasteiger partial charge in [-0.3, -0.25) is 9.88 Å². The lowest BCUT2D eigenvalue weighted by molar-refractivity contribution is 0.260. The molecule has 3 rings (SSSR count). The molecule has 0 unspecified atom stereocenters. The van der Waals surface area contributed by atoms with Crippen LogP contribution in [0.4, 0.5) is 5.82 Å². The summed E-state index contributed by atoms with van der Waals surface area (Å²) in [5.41, 5.74) is 6.73. The minimum atomic E-state index is 0.476. The Hall–Kier alpha value is -1.77. The smallest absolute Gasteiger partial charge is 0.271 e. The normalized spacial score (nSPS) is 16.1. The molecule has 0 atom stereocenters. The third kappa shape index (κ3) is 3.46. The summed E-state index contributed by atoms with van der Waals surface area (Å²) in [7, 11) is 0. The van der Waals surface area contributed by atoms with Gasteiger partial charge in [0.05, 0.1) is 11.7 Å². The van der Waals surface area contributed by atoms with Gasteiger partial charge in [-0.25, -0.2) is 0 Å². The average molecular weight is 306 g/mol. The Labute approximate surface area is 127 Å². The molecule has 3 heterocycles. The van der Waals surface area contributed by atoms with Crippen LogP contribution in [-0.2, 0) is 6.61 Å². The van der Waals surface area contributed by atoms with Crippen molar-refractivity contribution in [2.24, 2.45) is 5.73 Å². The molecule has 0 amide bonds. The molecule has 112 valence electrons. The Kier molecular flexibility index (Phi) is 4.59. The fourth-order valence-corrected chi connectivity index (χ4v) is 2.75. The van der Waals surface area contributed by atoms with E-state index >= 15 is 0 Å². The summed E-state index contributed by atoms with van der Waals surface area (Å²) in [6.45, 7) is 4.76. The van der Waals surface area contributed by atoms with Gasteiger partial charge in [0.25, 0.3) is 5.88 Å². The molecule has 0 aromatic carbocycles. The summed E-state index contributed by atoms with van der Waals surface area (Å²) >= 11 is 1.18. The first-order valence-electron chi connectivity index (χ1n) is 6.88. The number of aromatic nitrogens is 3. The van der Waals surface area contributed by atoms with Crippen LogP contribution in [0.25, 0.3) is 0 Å². The molecule has 1 fully saturated rings. The summed E-state index contributed by atoms with van der Waals surface area (Å²) in [6.07, 6.45) is 3.51. The minimum absolute atomic E-state index is 0.476. The highest BCUT2D eigenvalue weighted by Gasteiger charge is 2.22. The summed E-state index contributed by atoms with van der Waals surface area (Å²) in [5.74, 6) is 1.45. The molecule has 1 saturated heterocycles. The molecule has 1 aliphatic heterocycles. The number of pyridine rings is 1. The molecule has 0 saturated carbocycles. The van der Waals surface area contributed by atoms with Crippen molar-refractivity contribution >= 4 is 17.5 Å². The lowest BCUT2D eigenvalue weighted by atomic mass is 10.3. The van der Waals surface area contributed by atoms with E-state index in [2.05, 4.69) is 23.5 Å². The van der Waals surface area contributed by atoms with Crippen molar-refractivity contribution in [3.8, 4) is 5.88 Å². The quantitative estimate of drug-likeness (QED) is 0.864. The summed E-state index contributed by atoms with van der Waals surface area (Å²) in [4.78, 5) is 8.41. The van der Waals surface area contributed by atoms with Gasteiger partial charge in [-0.1, -0.05) is 0 Å². The number of nitrogens with two attached hydrogens (primary N) is 1. The number of hydrogen-bond acceptors (Lipinski definition) is 8. The zero-order valence-corrected chi connectivity index (χ0v) is 12.5. The van der Waals surface area contributed by atoms with Crippen molar-refractivity contribution in [2.75, 3.05) is 37.7 Å². The second-order valence-electron chi connectivity index (χ2n) is 4.82. The molecule has 2 aromatic heterocycles. The van der Waals surface area contributed by atoms with E-state index in [1.165, 1.54) is 11.7 Å². The molecule has 21 heavy (non-hydrogen) atoms. The van der Waals surface area contributed by atoms with Gasteiger partial charge in [-0.2, -0.15) is 4.37 Å². The summed E-state index contributed by atoms with van der Waals surface area (Å²) in [5, 5.41) is 0. The van der Waals surface area contributed by atoms with Gasteiger partial charge in [0.1, 0.15) is 6.61 Å². The Bertz CT molecular complexity index is 555. The van der Waals surface area contributed by atoms with E-state index in [0.717, 1.165) is 37.6 Å². The van der Waals surface area contributed by atoms with Gasteiger partial charge in [0.15, 0.2) is 0 Å². The van der Waals surface area contributed by atoms with Crippen LogP contribution in [0.5, 0.6) is 5.88 Å². The van der Waals surface area contributed by atoms with Gasteiger partial charge >= 0.3 is 0 Å². The zero-order chi connectivity index (χ0) is 14.5. The standard InChI is InChI=1S/C13H18N6OS/c14-10-18-5-7-19(8-6-18)12-13(17-21-16-12)20-9-11-1-3-15-4-2-11/h1-4H,5-10,14H2. The SMILES string of the molecule is NCN1CCN(c2nsnc2OCc2ccncc2)CC1. The lowest BCUT2D eigenvalue weighted by Gasteiger charge is -2.33. The van der Waals surface area contributed by atoms with Crippen LogP contribution in [0, 0.1) is 0 Å². The average Bonchev–Trinajstić information content (AvgIpc) is 3.02. The lowest BCUT2D eigenvalue weighted by Crippen LogP contribution is -2.48. The molecule has 0 radical (unpaired) electrons. The van der Waals surface area contributed by atoms with Gasteiger partial charge < -0.3 is 15.4 Å². The van der Waals surface area contributed by atoms with Gasteiger partial charge in [-0.05, 0) is 17.7 Å². The predicted octanol–water partition coefficient (Wildman–Crippen LogP) is 0.550. The molecule has 8 heteroatoms. The van der Waals surface area contributed by atoms with Crippen molar-refractivity contribution in [3.63, 3.8) is 0 Å². The van der Waals surface area contributed by atoms with Crippen LogP contribution in [0.1, 0.15) is 5.56 Å². The van der Waals surface area contributed by atoms with Crippen LogP contribution in [-0.4, -0.2) is 51.5 Å². The predicted molar refractivity (Wildman–Crippen MR) is 81.3 cm³/mol. The molecule has 0 spiro atoms. The first-order valence-corrected chi connectivity index (χ1v) is 7.61. The number of nitrogens with zero attached hydrogens (tertiary/aromatic N) is 5. The Morgan fingerprint density at radius 2 is 1.90 bits per heavy atom. The van der Waals surface area contributed by atoms with Crippen molar-refractivity contribution in [2.45, 2.75) is 6.61 Å². The number of rotatable bonds is 5. The maximum atomic E-state index is 5.80. The molecule has 7 nitrogen and oxygen atoms in total. The van der Waals surface area contributed by atoms with Crippen molar-refractivity contribution in [1.82, 2.24) is 18.6 Å². The van der Waals surface area contributed by atoms with Gasteiger partial charge in [0.2, 0.25) is 5.82 Å². The van der Waals surface area contributed by atoms with Gasteiger partial charge in [-0.15, -0.1) is 4.37 Å². The first kappa shape index (κ1) is 14.2. The van der Waals surface area contributed by atoms with E-state index < -0.39 is 0 Å². The molecule has 2 N–H and O–H groups in total. The third-order valence-electron chi connectivity index (χ3n) is 3.50. The van der Waals surface area contributed by atoms with E-state index in [-0.39, 0.29) is 0 Å². The van der Waals surface area contributed by atoms with Crippen molar-refractivity contribution in [3.05, 3.63) is 30.1 Å². The van der Waals surface area contributed by atoms with E-state index in [9.17, 15) is 0 Å². The van der Waals surface area contributed by atoms with Crippen molar-refractivity contribution < 1.29 is 4.74 Å². The Morgan fingerprint density at radius 3 is 2.62 bits per heavy atom. The number of anilines is 1. The number of piperazine rings is 1. The second kappa shape index (κ2) is 6.79. The monoisotopic (exact) mass is 306 g/mol. The van der Waals surface area contributed by atoms with Crippen LogP contribution >= 0.6 is 11.7 Å². The zero-order valence-electron chi connectivity index (χ0n) is 11.7. The second-order valence-corrected chi connectivity index (χ2v) is 5.35. The summed E-state index contributed by atoms with van der Waals surface area (Å²) in [6, 6.07) is 3.86. The van der Waals surface area contributed by atoms with E-state index in [4.69, 9.17) is 10.5 Å². The van der Waals surface area contributed by atoms with Crippen LogP contribution in [0.2, 0.25) is 0 Å². The molecule has 2 aromatic rings. The molecular formula is C13H18N6OS. The number of hydrogen-bond donors (Lipinski definition) is 1. The molecule has 0 aliphatic carbocycles. The maximum Gasteiger partial charge on any atom is 0.271 e. The topological polar surface area (TPSA) is 80.4 Å². The van der Waals surface area contributed by atoms with E-state index in [1.54, 1.807) is 12.4 Å². The first-order chi connectivity index (χ1) is 10.4. The maximum absolute atomic E-state index is 5.80. The van der Waals surface area contributed by atoms with E-state index in [1.807, 2.05) is 12.1 Å². The molecular weight excluding hydrogens is 288 g/mol. The van der Waals surface area contributed by atoms with Crippen LogP contribution in [0.15, 0.2) is 24.5 Å². The molecule has 1 aliphatic rings. The number of ether oxygens (including phenoxy) is 1. The highest BCUT2D eigenvalue weighted by atomic mass is 32.1. The van der Waals surface area contributed by atoms with Crippen LogP contribution < -0.4 is 15.4 Å². The fraction of sp³-hybridized carbons (Fsp3) is 0.462. The Morgan fingerprint density at radius 1 is 1.14 bits per heavy atom. The minimum Gasteiger partial charge on any atom is -0.470 e. The summed E-state index contributed by atoms with van der Waals surface area (Å²) < 4.78 is 14.4. The third-order valence-corrected chi connectivity index (χ3v) is 4.00. The van der Waals surface area contributed by atoms with Gasteiger partial charge in [0, 0.05) is 45.2 Å². The van der Waals surface area contributed by atoms with Crippen LogP contribution in [0.3, 0.4) is 0 Å². The van der Waals surface area contributed by atoms with Crippen molar-refractivity contribution in [1.29, 1.82) is 0 Å². The highest BCUT2D eigenvalue weighted by Crippen LogP contribution is 2.27. The Balaban J connectivity index is 1.62.